The fourth-order valence-corrected chi connectivity index (χ4v) is 2.18. The topological polar surface area (TPSA) is 48.4 Å². The first-order valence-corrected chi connectivity index (χ1v) is 8.26. The molecule has 0 bridgehead atoms. The summed E-state index contributed by atoms with van der Waals surface area (Å²) in [7, 11) is 0. The number of hydrogen-bond donors (Lipinski definition) is 0. The summed E-state index contributed by atoms with van der Waals surface area (Å²) in [6.07, 6.45) is 5.11. The van der Waals surface area contributed by atoms with E-state index in [1.165, 1.54) is 0 Å². The van der Waals surface area contributed by atoms with Crippen molar-refractivity contribution in [2.24, 2.45) is 0 Å². The molecule has 2 rings (SSSR count). The molecule has 1 aromatic carbocycles. The van der Waals surface area contributed by atoms with E-state index in [1.807, 2.05) is 49.4 Å². The number of benzene rings is 1. The average Bonchev–Trinajstić information content (AvgIpc) is 2.62. The molecule has 0 unspecified atom stereocenters. The van der Waals surface area contributed by atoms with Crippen molar-refractivity contribution in [1.29, 1.82) is 0 Å². The Morgan fingerprint density at radius 3 is 2.29 bits per heavy atom. The highest BCUT2D eigenvalue weighted by Gasteiger charge is 2.08. The summed E-state index contributed by atoms with van der Waals surface area (Å²) in [5, 5.41) is 0. The van der Waals surface area contributed by atoms with Gasteiger partial charge in [0.1, 0.15) is 11.5 Å². The van der Waals surface area contributed by atoms with Crippen molar-refractivity contribution >= 4 is 12.0 Å². The van der Waals surface area contributed by atoms with Gasteiger partial charge in [-0.2, -0.15) is 0 Å². The molecular formula is C20H23NO3. The molecule has 0 saturated carbocycles. The minimum absolute atomic E-state index is 0.262. The molecule has 0 aliphatic carbocycles. The van der Waals surface area contributed by atoms with Crippen LogP contribution in [-0.2, 0) is 16.0 Å². The van der Waals surface area contributed by atoms with E-state index in [2.05, 4.69) is 11.9 Å². The number of aryl methyl sites for hydroxylation is 1. The molecule has 1 aromatic heterocycles. The Kier molecular flexibility index (Phi) is 6.55. The van der Waals surface area contributed by atoms with Gasteiger partial charge >= 0.3 is 5.97 Å². The van der Waals surface area contributed by atoms with Crippen LogP contribution in [0, 0.1) is 0 Å². The summed E-state index contributed by atoms with van der Waals surface area (Å²) < 4.78 is 10.8. The molecule has 0 aliphatic rings. The third-order valence-electron chi connectivity index (χ3n) is 3.54. The second-order valence-electron chi connectivity index (χ2n) is 5.25. The Hall–Kier alpha value is -2.62. The lowest BCUT2D eigenvalue weighted by Gasteiger charge is -2.07. The molecule has 0 saturated heterocycles. The smallest absolute Gasteiger partial charge is 0.333 e. The minimum Gasteiger partial charge on any atom is -0.463 e. The standard InChI is InChI=1S/C20H23NO3/c1-4-16(20(22)23-6-3)13-15-7-10-18(11-8-15)24-19-12-9-17(5-2)21-14-19/h7-14H,4-6H2,1-3H3. The molecule has 4 heteroatoms. The van der Waals surface area contributed by atoms with Crippen molar-refractivity contribution in [2.45, 2.75) is 33.6 Å². The highest BCUT2D eigenvalue weighted by atomic mass is 16.5. The van der Waals surface area contributed by atoms with E-state index in [9.17, 15) is 4.79 Å². The van der Waals surface area contributed by atoms with Gasteiger partial charge in [-0.1, -0.05) is 26.0 Å². The number of ether oxygens (including phenoxy) is 2. The van der Waals surface area contributed by atoms with E-state index in [-0.39, 0.29) is 5.97 Å². The van der Waals surface area contributed by atoms with Crippen LogP contribution in [0.2, 0.25) is 0 Å². The summed E-state index contributed by atoms with van der Waals surface area (Å²) >= 11 is 0. The van der Waals surface area contributed by atoms with Gasteiger partial charge in [-0.25, -0.2) is 4.79 Å². The second-order valence-corrected chi connectivity index (χ2v) is 5.25. The number of esters is 1. The van der Waals surface area contributed by atoms with Gasteiger partial charge in [0.05, 0.1) is 12.8 Å². The largest absolute Gasteiger partial charge is 0.463 e. The van der Waals surface area contributed by atoms with Gasteiger partial charge < -0.3 is 9.47 Å². The van der Waals surface area contributed by atoms with Crippen LogP contribution in [0.25, 0.3) is 6.08 Å². The Labute approximate surface area is 143 Å². The number of nitrogens with zero attached hydrogens (tertiary/aromatic N) is 1. The first-order valence-electron chi connectivity index (χ1n) is 8.26. The summed E-state index contributed by atoms with van der Waals surface area (Å²) in [4.78, 5) is 16.1. The predicted octanol–water partition coefficient (Wildman–Crippen LogP) is 4.79. The molecule has 24 heavy (non-hydrogen) atoms. The van der Waals surface area contributed by atoms with Crippen LogP contribution in [0.1, 0.15) is 38.4 Å². The Morgan fingerprint density at radius 1 is 1.04 bits per heavy atom. The van der Waals surface area contributed by atoms with Gasteiger partial charge in [0.2, 0.25) is 0 Å². The van der Waals surface area contributed by atoms with Gasteiger partial charge in [-0.15, -0.1) is 0 Å². The van der Waals surface area contributed by atoms with Gasteiger partial charge in [0.25, 0.3) is 0 Å². The van der Waals surface area contributed by atoms with Crippen molar-refractivity contribution in [2.75, 3.05) is 6.61 Å². The first kappa shape index (κ1) is 17.7. The summed E-state index contributed by atoms with van der Waals surface area (Å²) in [6.45, 7) is 6.19. The number of carbonyl (C=O) groups excluding carboxylic acids is 1. The third kappa shape index (κ3) is 4.95. The average molecular weight is 325 g/mol. The van der Waals surface area contributed by atoms with Crippen molar-refractivity contribution in [3.63, 3.8) is 0 Å². The van der Waals surface area contributed by atoms with Gasteiger partial charge in [0, 0.05) is 11.3 Å². The van der Waals surface area contributed by atoms with E-state index in [0.717, 1.165) is 23.4 Å². The highest BCUT2D eigenvalue weighted by molar-refractivity contribution is 5.93. The quantitative estimate of drug-likeness (QED) is 0.542. The van der Waals surface area contributed by atoms with Crippen LogP contribution in [0.4, 0.5) is 0 Å². The fourth-order valence-electron chi connectivity index (χ4n) is 2.18. The first-order chi connectivity index (χ1) is 11.7. The fraction of sp³-hybridized carbons (Fsp3) is 0.300. The Morgan fingerprint density at radius 2 is 1.75 bits per heavy atom. The van der Waals surface area contributed by atoms with Crippen LogP contribution in [0.15, 0.2) is 48.2 Å². The molecule has 4 nitrogen and oxygen atoms in total. The lowest BCUT2D eigenvalue weighted by molar-refractivity contribution is -0.138. The van der Waals surface area contributed by atoms with E-state index >= 15 is 0 Å². The van der Waals surface area contributed by atoms with Crippen LogP contribution in [0.5, 0.6) is 11.5 Å². The zero-order valence-electron chi connectivity index (χ0n) is 14.4. The minimum atomic E-state index is -0.262. The molecule has 0 fully saturated rings. The zero-order chi connectivity index (χ0) is 17.4. The maximum atomic E-state index is 11.8. The number of carbonyl (C=O) groups is 1. The van der Waals surface area contributed by atoms with E-state index in [4.69, 9.17) is 9.47 Å². The monoisotopic (exact) mass is 325 g/mol. The molecule has 0 amide bonds. The van der Waals surface area contributed by atoms with Crippen molar-refractivity contribution in [3.8, 4) is 11.5 Å². The Balaban J connectivity index is 2.07. The van der Waals surface area contributed by atoms with Crippen molar-refractivity contribution in [3.05, 3.63) is 59.4 Å². The lowest BCUT2D eigenvalue weighted by Crippen LogP contribution is -2.06. The van der Waals surface area contributed by atoms with E-state index in [1.54, 1.807) is 13.1 Å². The van der Waals surface area contributed by atoms with E-state index in [0.29, 0.717) is 24.4 Å². The lowest BCUT2D eigenvalue weighted by atomic mass is 10.1. The van der Waals surface area contributed by atoms with Crippen LogP contribution >= 0.6 is 0 Å². The SMILES string of the molecule is CCOC(=O)C(=Cc1ccc(Oc2ccc(CC)nc2)cc1)CC. The number of hydrogen-bond acceptors (Lipinski definition) is 4. The van der Waals surface area contributed by atoms with Gasteiger partial charge in [-0.05, 0) is 55.7 Å². The molecule has 2 aromatic rings. The maximum absolute atomic E-state index is 11.8. The molecule has 126 valence electrons. The van der Waals surface area contributed by atoms with Crippen LogP contribution in [0.3, 0.4) is 0 Å². The van der Waals surface area contributed by atoms with Crippen molar-refractivity contribution < 1.29 is 14.3 Å². The highest BCUT2D eigenvalue weighted by Crippen LogP contribution is 2.22. The summed E-state index contributed by atoms with van der Waals surface area (Å²) in [5.74, 6) is 1.17. The molecule has 0 atom stereocenters. The number of aromatic nitrogens is 1. The third-order valence-corrected chi connectivity index (χ3v) is 3.54. The molecule has 1 heterocycles. The Bertz CT molecular complexity index is 688. The normalized spacial score (nSPS) is 11.2. The molecule has 0 radical (unpaired) electrons. The van der Waals surface area contributed by atoms with Crippen LogP contribution < -0.4 is 4.74 Å². The molecular weight excluding hydrogens is 302 g/mol. The number of rotatable bonds is 7. The van der Waals surface area contributed by atoms with Crippen LogP contribution in [-0.4, -0.2) is 17.6 Å². The van der Waals surface area contributed by atoms with Gasteiger partial charge in [-0.3, -0.25) is 4.98 Å². The maximum Gasteiger partial charge on any atom is 0.333 e. The molecule has 0 N–H and O–H groups in total. The van der Waals surface area contributed by atoms with Crippen molar-refractivity contribution in [1.82, 2.24) is 4.98 Å². The summed E-state index contributed by atoms with van der Waals surface area (Å²) in [5.41, 5.74) is 2.63. The van der Waals surface area contributed by atoms with Gasteiger partial charge in [0.15, 0.2) is 0 Å². The molecule has 0 aliphatic heterocycles. The predicted molar refractivity (Wildman–Crippen MR) is 95.0 cm³/mol. The van der Waals surface area contributed by atoms with E-state index < -0.39 is 0 Å². The number of pyridine rings is 1. The summed E-state index contributed by atoms with van der Waals surface area (Å²) in [6, 6.07) is 11.4. The second kappa shape index (κ2) is 8.87. The zero-order valence-corrected chi connectivity index (χ0v) is 14.4. The molecule has 0 spiro atoms.